The molecule has 4 rings (SSSR count). The molecule has 3 aromatic rings. The molecule has 29 heavy (non-hydrogen) atoms. The van der Waals surface area contributed by atoms with E-state index in [-0.39, 0.29) is 11.3 Å². The van der Waals surface area contributed by atoms with Crippen molar-refractivity contribution in [2.24, 2.45) is 5.41 Å². The van der Waals surface area contributed by atoms with Crippen molar-refractivity contribution in [3.05, 3.63) is 47.8 Å². The maximum atomic E-state index is 11.6. The van der Waals surface area contributed by atoms with Crippen molar-refractivity contribution in [1.29, 1.82) is 0 Å². The Morgan fingerprint density at radius 2 is 1.86 bits per heavy atom. The first kappa shape index (κ1) is 19.6. The number of carbonyl (C=O) groups is 1. The Hall–Kier alpha value is -2.73. The number of aromatic nitrogens is 2. The van der Waals surface area contributed by atoms with E-state index in [9.17, 15) is 4.79 Å². The molecule has 0 saturated heterocycles. The van der Waals surface area contributed by atoms with Crippen molar-refractivity contribution in [3.8, 4) is 32.6 Å². The van der Waals surface area contributed by atoms with Gasteiger partial charge < -0.3 is 14.3 Å². The van der Waals surface area contributed by atoms with Gasteiger partial charge in [-0.05, 0) is 42.0 Å². The monoisotopic (exact) mass is 408 g/mol. The first-order valence-corrected chi connectivity index (χ1v) is 10.4. The summed E-state index contributed by atoms with van der Waals surface area (Å²) >= 11 is 1.58. The molecule has 0 fully saturated rings. The second-order valence-electron chi connectivity index (χ2n) is 8.15. The Bertz CT molecular complexity index is 1040. The Morgan fingerprint density at radius 1 is 1.14 bits per heavy atom. The van der Waals surface area contributed by atoms with Gasteiger partial charge in [0.15, 0.2) is 0 Å². The van der Waals surface area contributed by atoms with Crippen LogP contribution in [-0.4, -0.2) is 30.5 Å². The van der Waals surface area contributed by atoms with E-state index >= 15 is 0 Å². The largest absolute Gasteiger partial charge is 0.497 e. The fraction of sp³-hybridized carbons (Fsp3) is 0.348. The molecule has 1 aliphatic carbocycles. The first-order valence-electron chi connectivity index (χ1n) is 9.57. The summed E-state index contributed by atoms with van der Waals surface area (Å²) in [7, 11) is 3.28. The van der Waals surface area contributed by atoms with Gasteiger partial charge in [-0.15, -0.1) is 11.3 Å². The van der Waals surface area contributed by atoms with Crippen LogP contribution in [0.4, 0.5) is 0 Å². The lowest BCUT2D eigenvalue weighted by atomic mass is 9.71. The molecule has 1 atom stereocenters. The average Bonchev–Trinajstić information content (AvgIpc) is 3.21. The predicted octanol–water partition coefficient (Wildman–Crippen LogP) is 5.14. The molecule has 0 amide bonds. The number of thiazole rings is 1. The van der Waals surface area contributed by atoms with Crippen LogP contribution >= 0.6 is 11.3 Å². The smallest absolute Gasteiger partial charge is 0.142 e. The van der Waals surface area contributed by atoms with Crippen LogP contribution < -0.4 is 9.47 Å². The van der Waals surface area contributed by atoms with Crippen LogP contribution in [0.15, 0.2) is 36.5 Å². The first-order chi connectivity index (χ1) is 13.9. The summed E-state index contributed by atoms with van der Waals surface area (Å²) in [5.41, 5.74) is 3.96. The van der Waals surface area contributed by atoms with Gasteiger partial charge in [0.1, 0.15) is 22.8 Å². The zero-order valence-corrected chi connectivity index (χ0v) is 17.9. The number of pyridine rings is 1. The van der Waals surface area contributed by atoms with E-state index in [0.717, 1.165) is 63.0 Å². The van der Waals surface area contributed by atoms with Gasteiger partial charge in [0.25, 0.3) is 0 Å². The molecular weight excluding hydrogens is 384 g/mol. The van der Waals surface area contributed by atoms with Crippen LogP contribution in [0.25, 0.3) is 21.1 Å². The summed E-state index contributed by atoms with van der Waals surface area (Å²) in [6, 6.07) is 9.81. The van der Waals surface area contributed by atoms with E-state index in [1.165, 1.54) is 0 Å². The number of ether oxygens (including phenoxy) is 2. The highest BCUT2D eigenvalue weighted by Crippen LogP contribution is 2.42. The molecule has 1 aliphatic rings. The van der Waals surface area contributed by atoms with Crippen LogP contribution in [0, 0.1) is 5.41 Å². The van der Waals surface area contributed by atoms with Crippen LogP contribution in [0.2, 0.25) is 0 Å². The van der Waals surface area contributed by atoms with Crippen molar-refractivity contribution in [1.82, 2.24) is 9.97 Å². The van der Waals surface area contributed by atoms with Crippen molar-refractivity contribution < 1.29 is 14.3 Å². The average molecular weight is 409 g/mol. The number of nitrogens with zero attached hydrogens (tertiary/aromatic N) is 2. The molecule has 0 radical (unpaired) electrons. The zero-order valence-electron chi connectivity index (χ0n) is 17.1. The molecule has 1 aromatic carbocycles. The quantitative estimate of drug-likeness (QED) is 0.547. The highest BCUT2D eigenvalue weighted by atomic mass is 32.1. The zero-order chi connectivity index (χ0) is 20.6. The minimum Gasteiger partial charge on any atom is -0.497 e. The van der Waals surface area contributed by atoms with E-state index < -0.39 is 0 Å². The Labute approximate surface area is 174 Å². The molecule has 6 heteroatoms. The molecule has 5 nitrogen and oxygen atoms in total. The highest BCUT2D eigenvalue weighted by Gasteiger charge is 2.33. The molecule has 0 aliphatic heterocycles. The maximum absolute atomic E-state index is 11.6. The number of benzene rings is 1. The lowest BCUT2D eigenvalue weighted by Gasteiger charge is -2.34. The summed E-state index contributed by atoms with van der Waals surface area (Å²) in [5, 5.41) is 0.857. The van der Waals surface area contributed by atoms with Gasteiger partial charge in [-0.25, -0.2) is 9.97 Å². The van der Waals surface area contributed by atoms with Gasteiger partial charge in [0, 0.05) is 29.4 Å². The van der Waals surface area contributed by atoms with E-state index in [1.807, 2.05) is 36.5 Å². The van der Waals surface area contributed by atoms with E-state index in [2.05, 4.69) is 18.8 Å². The number of aldehydes is 1. The summed E-state index contributed by atoms with van der Waals surface area (Å²) in [6.45, 7) is 4.39. The third-order valence-electron chi connectivity index (χ3n) is 5.35. The van der Waals surface area contributed by atoms with Gasteiger partial charge >= 0.3 is 0 Å². The predicted molar refractivity (Wildman–Crippen MR) is 115 cm³/mol. The van der Waals surface area contributed by atoms with Gasteiger partial charge in [0.2, 0.25) is 0 Å². The molecule has 2 aromatic heterocycles. The normalized spacial score (nSPS) is 17.4. The molecule has 150 valence electrons. The Morgan fingerprint density at radius 3 is 2.52 bits per heavy atom. The lowest BCUT2D eigenvalue weighted by Crippen LogP contribution is -2.27. The van der Waals surface area contributed by atoms with Crippen molar-refractivity contribution in [2.45, 2.75) is 32.6 Å². The third-order valence-corrected chi connectivity index (χ3v) is 6.42. The lowest BCUT2D eigenvalue weighted by molar-refractivity contribution is -0.109. The van der Waals surface area contributed by atoms with Gasteiger partial charge in [-0.1, -0.05) is 19.9 Å². The number of fused-ring (bicyclic) bond motifs is 1. The van der Waals surface area contributed by atoms with Crippen molar-refractivity contribution >= 4 is 17.6 Å². The van der Waals surface area contributed by atoms with E-state index in [0.29, 0.717) is 0 Å². The summed E-state index contributed by atoms with van der Waals surface area (Å²) < 4.78 is 10.8. The van der Waals surface area contributed by atoms with Crippen molar-refractivity contribution in [2.75, 3.05) is 14.2 Å². The fourth-order valence-electron chi connectivity index (χ4n) is 3.94. The van der Waals surface area contributed by atoms with Gasteiger partial charge in [-0.3, -0.25) is 0 Å². The molecule has 0 saturated carbocycles. The molecular formula is C23H24N2O3S. The SMILES string of the molecule is COc1cc(OC)cc(-c2cnc(-c3ccc4c(n3)CC(C)(C)CC4C=O)s2)c1. The van der Waals surface area contributed by atoms with Gasteiger partial charge in [-0.2, -0.15) is 0 Å². The highest BCUT2D eigenvalue weighted by molar-refractivity contribution is 7.18. The molecule has 1 unspecified atom stereocenters. The van der Waals surface area contributed by atoms with Gasteiger partial charge in [0.05, 0.1) is 24.8 Å². The molecule has 0 N–H and O–H groups in total. The summed E-state index contributed by atoms with van der Waals surface area (Å²) in [4.78, 5) is 22.1. The topological polar surface area (TPSA) is 61.3 Å². The van der Waals surface area contributed by atoms with Crippen LogP contribution in [0.1, 0.15) is 37.4 Å². The second-order valence-corrected chi connectivity index (χ2v) is 9.18. The number of hydrogen-bond acceptors (Lipinski definition) is 6. The fourth-order valence-corrected chi connectivity index (χ4v) is 4.81. The minimum atomic E-state index is -0.0774. The maximum Gasteiger partial charge on any atom is 0.142 e. The molecule has 0 bridgehead atoms. The number of rotatable bonds is 5. The standard InChI is InChI=1S/C23H24N2O3S/c1-23(2)10-15(13-26)18-5-6-19(25-20(18)11-23)22-24-12-21(29-22)14-7-16(27-3)9-17(8-14)28-4/h5-9,12-13,15H,10-11H2,1-4H3. The third kappa shape index (κ3) is 3.90. The van der Waals surface area contributed by atoms with Crippen LogP contribution in [-0.2, 0) is 11.2 Å². The molecule has 0 spiro atoms. The van der Waals surface area contributed by atoms with Crippen LogP contribution in [0.3, 0.4) is 0 Å². The summed E-state index contributed by atoms with van der Waals surface area (Å²) in [5.74, 6) is 1.40. The second kappa shape index (κ2) is 7.59. The van der Waals surface area contributed by atoms with Crippen molar-refractivity contribution in [3.63, 3.8) is 0 Å². The van der Waals surface area contributed by atoms with Crippen LogP contribution in [0.5, 0.6) is 11.5 Å². The molecule has 2 heterocycles. The van der Waals surface area contributed by atoms with E-state index in [1.54, 1.807) is 25.6 Å². The van der Waals surface area contributed by atoms with E-state index in [4.69, 9.17) is 14.5 Å². The number of carbonyl (C=O) groups excluding carboxylic acids is 1. The number of methoxy groups -OCH3 is 2. The Balaban J connectivity index is 1.70. The number of hydrogen-bond donors (Lipinski definition) is 0. The minimum absolute atomic E-state index is 0.0649. The Kier molecular flexibility index (Phi) is 5.13. The summed E-state index contributed by atoms with van der Waals surface area (Å²) in [6.07, 6.45) is 4.64.